The van der Waals surface area contributed by atoms with Crippen molar-refractivity contribution in [1.82, 2.24) is 0 Å². The van der Waals surface area contributed by atoms with Crippen LogP contribution in [0.1, 0.15) is 48.0 Å². The summed E-state index contributed by atoms with van der Waals surface area (Å²) in [5.41, 5.74) is -1.37. The van der Waals surface area contributed by atoms with Crippen molar-refractivity contribution < 1.29 is 33.0 Å². The van der Waals surface area contributed by atoms with Crippen LogP contribution in [0.5, 0.6) is 0 Å². The van der Waals surface area contributed by atoms with Crippen LogP contribution in [-0.2, 0) is 28.6 Å². The first kappa shape index (κ1) is 29.0. The lowest BCUT2D eigenvalue weighted by atomic mass is 10.1. The van der Waals surface area contributed by atoms with Crippen LogP contribution in [0.25, 0.3) is 0 Å². The standard InChI is InChI=1S/C18H24FNO6.C4H8N2/c1-11(20-12(2)21)16(19)9-8-14-6-7-15(25-14)10-24-17(23)18(4,5)26-13(3)22;1-3-6-4-5-2/h6-7,9,14-15H,8,10H2,1-5H3;3-4H,1-2H3/b16-9+,20-11?;. The van der Waals surface area contributed by atoms with E-state index in [9.17, 15) is 18.8 Å². The van der Waals surface area contributed by atoms with E-state index in [1.165, 1.54) is 47.0 Å². The van der Waals surface area contributed by atoms with Crippen LogP contribution in [0.15, 0.2) is 39.0 Å². The summed E-state index contributed by atoms with van der Waals surface area (Å²) in [6.07, 6.45) is 7.31. The Morgan fingerprint density at radius 3 is 2.28 bits per heavy atom. The number of amides is 1. The maximum Gasteiger partial charge on any atom is 0.350 e. The van der Waals surface area contributed by atoms with Gasteiger partial charge in [-0.15, -0.1) is 0 Å². The lowest BCUT2D eigenvalue weighted by Crippen LogP contribution is -2.39. The fourth-order valence-electron chi connectivity index (χ4n) is 2.31. The predicted octanol–water partition coefficient (Wildman–Crippen LogP) is 3.18. The lowest BCUT2D eigenvalue weighted by molar-refractivity contribution is -0.179. The number of halogens is 1. The van der Waals surface area contributed by atoms with Gasteiger partial charge in [0.05, 0.1) is 11.8 Å². The van der Waals surface area contributed by atoms with Crippen LogP contribution in [0.2, 0.25) is 0 Å². The van der Waals surface area contributed by atoms with Gasteiger partial charge in [0.2, 0.25) is 11.5 Å². The minimum Gasteiger partial charge on any atom is -0.460 e. The summed E-state index contributed by atoms with van der Waals surface area (Å²) in [6.45, 7) is 8.53. The molecular formula is C22H32FN3O6. The van der Waals surface area contributed by atoms with Crippen LogP contribution in [0.3, 0.4) is 0 Å². The minimum atomic E-state index is -1.38. The molecule has 2 atom stereocenters. The molecule has 1 aliphatic rings. The van der Waals surface area contributed by atoms with Gasteiger partial charge in [-0.2, -0.15) is 0 Å². The van der Waals surface area contributed by atoms with Gasteiger partial charge >= 0.3 is 11.9 Å². The SMILES string of the molecule is CC(=O)N=C(C)/C(F)=C\CC1C=CC(COC(=O)C(C)(C)OC(C)=O)O1.CC=NC=NC. The maximum absolute atomic E-state index is 13.8. The van der Waals surface area contributed by atoms with Crippen LogP contribution in [0.4, 0.5) is 4.39 Å². The summed E-state index contributed by atoms with van der Waals surface area (Å²) in [7, 11) is 1.69. The molecule has 0 aromatic rings. The number of nitrogens with zero attached hydrogens (tertiary/aromatic N) is 3. The van der Waals surface area contributed by atoms with E-state index in [1.807, 2.05) is 6.92 Å². The Balaban J connectivity index is 0.00000140. The first-order valence-corrected chi connectivity index (χ1v) is 9.93. The zero-order valence-electron chi connectivity index (χ0n) is 19.6. The van der Waals surface area contributed by atoms with E-state index in [1.54, 1.807) is 25.4 Å². The summed E-state index contributed by atoms with van der Waals surface area (Å²) in [5, 5.41) is 0. The first-order chi connectivity index (χ1) is 14.9. The van der Waals surface area contributed by atoms with Crippen LogP contribution in [-0.4, -0.2) is 67.6 Å². The molecule has 0 bridgehead atoms. The molecule has 10 heteroatoms. The van der Waals surface area contributed by atoms with Crippen molar-refractivity contribution in [2.45, 2.75) is 65.8 Å². The molecule has 1 rings (SSSR count). The highest BCUT2D eigenvalue weighted by atomic mass is 19.1. The molecule has 0 radical (unpaired) electrons. The third kappa shape index (κ3) is 12.6. The number of hydrogen-bond donors (Lipinski definition) is 0. The van der Waals surface area contributed by atoms with Gasteiger partial charge in [-0.3, -0.25) is 19.6 Å². The molecule has 1 aliphatic heterocycles. The number of hydrogen-bond acceptors (Lipinski definition) is 7. The average molecular weight is 454 g/mol. The van der Waals surface area contributed by atoms with Gasteiger partial charge in [-0.1, -0.05) is 12.2 Å². The number of aliphatic imine (C=N–C) groups is 3. The number of ether oxygens (including phenoxy) is 3. The number of carbonyl (C=O) groups is 3. The average Bonchev–Trinajstić information content (AvgIpc) is 3.15. The molecule has 0 aromatic heterocycles. The van der Waals surface area contributed by atoms with Crippen molar-refractivity contribution in [3.8, 4) is 0 Å². The van der Waals surface area contributed by atoms with Gasteiger partial charge in [0.1, 0.15) is 24.9 Å². The molecule has 2 unspecified atom stereocenters. The predicted molar refractivity (Wildman–Crippen MR) is 121 cm³/mol. The highest BCUT2D eigenvalue weighted by Gasteiger charge is 2.33. The van der Waals surface area contributed by atoms with E-state index in [0.29, 0.717) is 0 Å². The monoisotopic (exact) mass is 453 g/mol. The van der Waals surface area contributed by atoms with Gasteiger partial charge in [0.15, 0.2) is 0 Å². The van der Waals surface area contributed by atoms with E-state index in [0.717, 1.165) is 0 Å². The third-order valence-corrected chi connectivity index (χ3v) is 3.69. The minimum absolute atomic E-state index is 0.0117. The van der Waals surface area contributed by atoms with Crippen LogP contribution < -0.4 is 0 Å². The molecule has 0 aromatic carbocycles. The van der Waals surface area contributed by atoms with E-state index in [-0.39, 0.29) is 24.8 Å². The van der Waals surface area contributed by atoms with Crippen LogP contribution in [0, 0.1) is 0 Å². The Bertz CT molecular complexity index is 789. The molecule has 0 fully saturated rings. The van der Waals surface area contributed by atoms with Crippen LogP contribution >= 0.6 is 0 Å². The highest BCUT2D eigenvalue weighted by molar-refractivity contribution is 6.02. The Labute approximate surface area is 188 Å². The molecule has 1 heterocycles. The van der Waals surface area contributed by atoms with Gasteiger partial charge < -0.3 is 14.2 Å². The molecular weight excluding hydrogens is 421 g/mol. The van der Waals surface area contributed by atoms with E-state index < -0.39 is 35.4 Å². The van der Waals surface area contributed by atoms with Crippen molar-refractivity contribution in [3.05, 3.63) is 24.1 Å². The van der Waals surface area contributed by atoms with Gasteiger partial charge in [0, 0.05) is 27.1 Å². The zero-order chi connectivity index (χ0) is 24.7. The van der Waals surface area contributed by atoms with E-state index >= 15 is 0 Å². The fraction of sp³-hybridized carbons (Fsp3) is 0.545. The number of allylic oxidation sites excluding steroid dienone is 1. The quantitative estimate of drug-likeness (QED) is 0.241. The van der Waals surface area contributed by atoms with Gasteiger partial charge in [-0.05, 0) is 40.2 Å². The van der Waals surface area contributed by atoms with Crippen molar-refractivity contribution >= 4 is 36.1 Å². The normalized spacial score (nSPS) is 19.1. The zero-order valence-corrected chi connectivity index (χ0v) is 19.6. The topological polar surface area (TPSA) is 116 Å². The van der Waals surface area contributed by atoms with Crippen molar-refractivity contribution in [1.29, 1.82) is 0 Å². The molecule has 32 heavy (non-hydrogen) atoms. The highest BCUT2D eigenvalue weighted by Crippen LogP contribution is 2.18. The van der Waals surface area contributed by atoms with E-state index in [4.69, 9.17) is 14.2 Å². The Kier molecular flexibility index (Phi) is 13.5. The summed E-state index contributed by atoms with van der Waals surface area (Å²) < 4.78 is 29.4. The lowest BCUT2D eigenvalue weighted by Gasteiger charge is -2.23. The second-order valence-corrected chi connectivity index (χ2v) is 7.09. The maximum atomic E-state index is 13.8. The molecule has 178 valence electrons. The third-order valence-electron chi connectivity index (χ3n) is 3.69. The molecule has 0 saturated carbocycles. The second-order valence-electron chi connectivity index (χ2n) is 7.09. The number of carbonyl (C=O) groups excluding carboxylic acids is 3. The van der Waals surface area contributed by atoms with Gasteiger partial charge in [-0.25, -0.2) is 14.2 Å². The summed E-state index contributed by atoms with van der Waals surface area (Å²) in [6, 6.07) is 0. The Morgan fingerprint density at radius 2 is 1.78 bits per heavy atom. The second kappa shape index (κ2) is 14.9. The fourth-order valence-corrected chi connectivity index (χ4v) is 2.31. The van der Waals surface area contributed by atoms with Crippen molar-refractivity contribution in [3.63, 3.8) is 0 Å². The summed E-state index contributed by atoms with van der Waals surface area (Å²) >= 11 is 0. The van der Waals surface area contributed by atoms with Crippen molar-refractivity contribution in [2.75, 3.05) is 13.7 Å². The Morgan fingerprint density at radius 1 is 1.16 bits per heavy atom. The van der Waals surface area contributed by atoms with Gasteiger partial charge in [0.25, 0.3) is 0 Å². The van der Waals surface area contributed by atoms with Crippen molar-refractivity contribution in [2.24, 2.45) is 15.0 Å². The molecule has 0 aliphatic carbocycles. The summed E-state index contributed by atoms with van der Waals surface area (Å²) in [5.74, 6) is -2.33. The molecule has 0 saturated heterocycles. The first-order valence-electron chi connectivity index (χ1n) is 9.93. The molecule has 0 N–H and O–H groups in total. The molecule has 9 nitrogen and oxygen atoms in total. The number of esters is 2. The molecule has 0 spiro atoms. The number of rotatable bonds is 8. The van der Waals surface area contributed by atoms with E-state index in [2.05, 4.69) is 15.0 Å². The Hall–Kier alpha value is -3.01. The molecule has 1 amide bonds. The largest absolute Gasteiger partial charge is 0.460 e. The summed E-state index contributed by atoms with van der Waals surface area (Å²) in [4.78, 5) is 44.5. The smallest absolute Gasteiger partial charge is 0.350 e.